The molecule has 0 bridgehead atoms. The molecule has 0 fully saturated rings. The van der Waals surface area contributed by atoms with Crippen molar-refractivity contribution < 1.29 is 9.94 Å². The number of nitrogens with zero attached hydrogens (tertiary/aromatic N) is 1. The summed E-state index contributed by atoms with van der Waals surface area (Å²) in [6.45, 7) is 3.79. The van der Waals surface area contributed by atoms with E-state index in [0.29, 0.717) is 0 Å². The zero-order chi connectivity index (χ0) is 10.7. The maximum absolute atomic E-state index is 8.56. The van der Waals surface area contributed by atoms with Crippen LogP contribution >= 0.6 is 0 Å². The molecule has 0 amide bonds. The summed E-state index contributed by atoms with van der Waals surface area (Å²) < 4.78 is 5.15. The first-order chi connectivity index (χ1) is 6.60. The van der Waals surface area contributed by atoms with E-state index in [1.165, 1.54) is 0 Å². The summed E-state index contributed by atoms with van der Waals surface area (Å²) in [6, 6.07) is 3.70. The van der Waals surface area contributed by atoms with Crippen LogP contribution in [0.5, 0.6) is 5.75 Å². The van der Waals surface area contributed by atoms with Gasteiger partial charge in [-0.1, -0.05) is 5.16 Å². The second-order valence-corrected chi connectivity index (χ2v) is 3.12. The highest BCUT2D eigenvalue weighted by Gasteiger charge is 2.07. The lowest BCUT2D eigenvalue weighted by atomic mass is 10.0. The third-order valence-corrected chi connectivity index (χ3v) is 2.13. The Hall–Kier alpha value is -1.71. The first-order valence-corrected chi connectivity index (χ1v) is 4.23. The van der Waals surface area contributed by atoms with Crippen molar-refractivity contribution in [2.24, 2.45) is 10.9 Å². The van der Waals surface area contributed by atoms with Crippen LogP contribution in [0.25, 0.3) is 0 Å². The molecule has 0 saturated heterocycles. The van der Waals surface area contributed by atoms with Gasteiger partial charge in [0, 0.05) is 5.56 Å². The van der Waals surface area contributed by atoms with Crippen LogP contribution in [0.1, 0.15) is 16.7 Å². The molecule has 0 aromatic heterocycles. The Labute approximate surface area is 83.0 Å². The molecule has 0 spiro atoms. The second kappa shape index (κ2) is 4.00. The molecule has 0 atom stereocenters. The number of benzene rings is 1. The summed E-state index contributed by atoms with van der Waals surface area (Å²) in [5.74, 6) is 0.922. The first-order valence-electron chi connectivity index (χ1n) is 4.23. The van der Waals surface area contributed by atoms with Crippen LogP contribution in [0.3, 0.4) is 0 Å². The SMILES string of the molecule is COc1cc(C)c(/C(N)=N/O)cc1C. The van der Waals surface area contributed by atoms with Crippen LogP contribution in [0, 0.1) is 13.8 Å². The number of hydrogen-bond acceptors (Lipinski definition) is 3. The number of methoxy groups -OCH3 is 1. The molecule has 1 rings (SSSR count). The summed E-state index contributed by atoms with van der Waals surface area (Å²) in [7, 11) is 1.62. The van der Waals surface area contributed by atoms with E-state index in [9.17, 15) is 0 Å². The quantitative estimate of drug-likeness (QED) is 0.323. The Morgan fingerprint density at radius 3 is 2.50 bits per heavy atom. The van der Waals surface area contributed by atoms with E-state index in [1.54, 1.807) is 7.11 Å². The van der Waals surface area contributed by atoms with Gasteiger partial charge in [0.15, 0.2) is 5.84 Å². The maximum Gasteiger partial charge on any atom is 0.170 e. The fraction of sp³-hybridized carbons (Fsp3) is 0.300. The van der Waals surface area contributed by atoms with Gasteiger partial charge in [0.1, 0.15) is 5.75 Å². The van der Waals surface area contributed by atoms with Crippen molar-refractivity contribution >= 4 is 5.84 Å². The lowest BCUT2D eigenvalue weighted by molar-refractivity contribution is 0.318. The van der Waals surface area contributed by atoms with Gasteiger partial charge < -0.3 is 15.7 Å². The molecule has 0 saturated carbocycles. The van der Waals surface area contributed by atoms with E-state index < -0.39 is 0 Å². The third-order valence-electron chi connectivity index (χ3n) is 2.13. The normalized spacial score (nSPS) is 11.5. The molecular weight excluding hydrogens is 180 g/mol. The molecule has 1 aromatic rings. The number of oxime groups is 1. The highest BCUT2D eigenvalue weighted by atomic mass is 16.5. The van der Waals surface area contributed by atoms with E-state index in [0.717, 1.165) is 22.4 Å². The van der Waals surface area contributed by atoms with Crippen LogP contribution in [0.15, 0.2) is 17.3 Å². The summed E-state index contributed by atoms with van der Waals surface area (Å²) in [5.41, 5.74) is 8.12. The van der Waals surface area contributed by atoms with E-state index in [4.69, 9.17) is 15.7 Å². The standard InChI is InChI=1S/C10H14N2O2/c1-6-5-9(14-3)7(2)4-8(6)10(11)12-13/h4-5,13H,1-3H3,(H2,11,12). The minimum atomic E-state index is 0.119. The molecule has 1 aromatic carbocycles. The number of rotatable bonds is 2. The first kappa shape index (κ1) is 10.4. The summed E-state index contributed by atoms with van der Waals surface area (Å²) in [5, 5.41) is 11.5. The van der Waals surface area contributed by atoms with Crippen LogP contribution in [-0.2, 0) is 0 Å². The van der Waals surface area contributed by atoms with Crippen molar-refractivity contribution in [1.82, 2.24) is 0 Å². The predicted molar refractivity (Wildman–Crippen MR) is 55.0 cm³/mol. The van der Waals surface area contributed by atoms with E-state index >= 15 is 0 Å². The number of hydrogen-bond donors (Lipinski definition) is 2. The molecule has 4 nitrogen and oxygen atoms in total. The molecule has 0 radical (unpaired) electrons. The van der Waals surface area contributed by atoms with Gasteiger partial charge in [-0.15, -0.1) is 0 Å². The Morgan fingerprint density at radius 2 is 2.00 bits per heavy atom. The van der Waals surface area contributed by atoms with Crippen LogP contribution in [0.4, 0.5) is 0 Å². The maximum atomic E-state index is 8.56. The van der Waals surface area contributed by atoms with E-state index in [-0.39, 0.29) is 5.84 Å². The van der Waals surface area contributed by atoms with Crippen LogP contribution < -0.4 is 10.5 Å². The van der Waals surface area contributed by atoms with Gasteiger partial charge in [-0.3, -0.25) is 0 Å². The number of nitrogens with two attached hydrogens (primary N) is 1. The topological polar surface area (TPSA) is 67.8 Å². The van der Waals surface area contributed by atoms with E-state index in [1.807, 2.05) is 26.0 Å². The van der Waals surface area contributed by atoms with Gasteiger partial charge >= 0.3 is 0 Å². The molecule has 0 aliphatic rings. The lowest BCUT2D eigenvalue weighted by Crippen LogP contribution is -2.15. The zero-order valence-corrected chi connectivity index (χ0v) is 8.53. The minimum absolute atomic E-state index is 0.119. The number of amidine groups is 1. The average Bonchev–Trinajstić information content (AvgIpc) is 2.19. The molecule has 0 aliphatic carbocycles. The van der Waals surface area contributed by atoms with Crippen molar-refractivity contribution in [3.05, 3.63) is 28.8 Å². The number of ether oxygens (including phenoxy) is 1. The molecule has 0 unspecified atom stereocenters. The van der Waals surface area contributed by atoms with Gasteiger partial charge in [0.2, 0.25) is 0 Å². The van der Waals surface area contributed by atoms with Crippen molar-refractivity contribution in [3.63, 3.8) is 0 Å². The Morgan fingerprint density at radius 1 is 1.36 bits per heavy atom. The molecule has 14 heavy (non-hydrogen) atoms. The fourth-order valence-electron chi connectivity index (χ4n) is 1.34. The summed E-state index contributed by atoms with van der Waals surface area (Å²) in [4.78, 5) is 0. The molecule has 76 valence electrons. The van der Waals surface area contributed by atoms with Crippen molar-refractivity contribution in [1.29, 1.82) is 0 Å². The zero-order valence-electron chi connectivity index (χ0n) is 8.53. The monoisotopic (exact) mass is 194 g/mol. The minimum Gasteiger partial charge on any atom is -0.496 e. The fourth-order valence-corrected chi connectivity index (χ4v) is 1.34. The predicted octanol–water partition coefficient (Wildman–Crippen LogP) is 1.41. The summed E-state index contributed by atoms with van der Waals surface area (Å²) >= 11 is 0. The Bertz CT molecular complexity index is 373. The molecule has 3 N–H and O–H groups in total. The lowest BCUT2D eigenvalue weighted by Gasteiger charge is -2.09. The Kier molecular flexibility index (Phi) is 2.96. The Balaban J connectivity index is 3.29. The molecule has 0 aliphatic heterocycles. The highest BCUT2D eigenvalue weighted by Crippen LogP contribution is 2.22. The van der Waals surface area contributed by atoms with Gasteiger partial charge in [-0.25, -0.2) is 0 Å². The highest BCUT2D eigenvalue weighted by molar-refractivity contribution is 5.98. The van der Waals surface area contributed by atoms with Gasteiger partial charge in [-0.05, 0) is 37.1 Å². The summed E-state index contributed by atoms with van der Waals surface area (Å²) in [6.07, 6.45) is 0. The van der Waals surface area contributed by atoms with Crippen molar-refractivity contribution in [3.8, 4) is 5.75 Å². The number of aryl methyl sites for hydroxylation is 2. The average molecular weight is 194 g/mol. The smallest absolute Gasteiger partial charge is 0.170 e. The van der Waals surface area contributed by atoms with E-state index in [2.05, 4.69) is 5.16 Å². The van der Waals surface area contributed by atoms with Gasteiger partial charge in [0.05, 0.1) is 7.11 Å². The third kappa shape index (κ3) is 1.79. The van der Waals surface area contributed by atoms with Crippen LogP contribution in [0.2, 0.25) is 0 Å². The molecular formula is C10H14N2O2. The van der Waals surface area contributed by atoms with Crippen molar-refractivity contribution in [2.75, 3.05) is 7.11 Å². The van der Waals surface area contributed by atoms with Gasteiger partial charge in [0.25, 0.3) is 0 Å². The van der Waals surface area contributed by atoms with Crippen molar-refractivity contribution in [2.45, 2.75) is 13.8 Å². The van der Waals surface area contributed by atoms with Gasteiger partial charge in [-0.2, -0.15) is 0 Å². The molecule has 4 heteroatoms. The largest absolute Gasteiger partial charge is 0.496 e. The second-order valence-electron chi connectivity index (χ2n) is 3.12. The van der Waals surface area contributed by atoms with Crippen LogP contribution in [-0.4, -0.2) is 18.2 Å². The molecule has 0 heterocycles.